The van der Waals surface area contributed by atoms with E-state index in [4.69, 9.17) is 0 Å². The third kappa shape index (κ3) is 3.04. The van der Waals surface area contributed by atoms with Gasteiger partial charge in [0, 0.05) is 17.9 Å². The van der Waals surface area contributed by atoms with Crippen molar-refractivity contribution >= 4 is 5.91 Å². The molecule has 1 saturated carbocycles. The second-order valence-corrected chi connectivity index (χ2v) is 6.09. The van der Waals surface area contributed by atoms with E-state index in [1.54, 1.807) is 0 Å². The van der Waals surface area contributed by atoms with Gasteiger partial charge in [-0.05, 0) is 44.3 Å². The van der Waals surface area contributed by atoms with Gasteiger partial charge in [0.25, 0.3) is 0 Å². The minimum atomic E-state index is 0.216. The Hall–Kier alpha value is -1.35. The molecule has 20 heavy (non-hydrogen) atoms. The summed E-state index contributed by atoms with van der Waals surface area (Å²) in [6.07, 6.45) is 5.50. The Kier molecular flexibility index (Phi) is 4.36. The van der Waals surface area contributed by atoms with E-state index < -0.39 is 0 Å². The van der Waals surface area contributed by atoms with Crippen LogP contribution in [0.2, 0.25) is 0 Å². The molecule has 2 aliphatic rings. The average molecular weight is 272 g/mol. The number of amides is 1. The van der Waals surface area contributed by atoms with Crippen molar-refractivity contribution in [3.63, 3.8) is 0 Å². The summed E-state index contributed by atoms with van der Waals surface area (Å²) in [5.41, 5.74) is 1.38. The number of hydrogen-bond donors (Lipinski definition) is 2. The maximum Gasteiger partial charge on any atom is 0.223 e. The third-order valence-corrected chi connectivity index (χ3v) is 4.78. The van der Waals surface area contributed by atoms with E-state index in [1.807, 2.05) is 0 Å². The molecule has 1 saturated heterocycles. The molecule has 0 radical (unpaired) electrons. The van der Waals surface area contributed by atoms with Crippen molar-refractivity contribution in [2.75, 3.05) is 13.1 Å². The molecular weight excluding hydrogens is 248 g/mol. The number of carbonyl (C=O) groups is 1. The first-order valence-corrected chi connectivity index (χ1v) is 7.90. The highest BCUT2D eigenvalue weighted by Crippen LogP contribution is 2.34. The van der Waals surface area contributed by atoms with E-state index in [0.717, 1.165) is 32.4 Å². The first kappa shape index (κ1) is 13.6. The van der Waals surface area contributed by atoms with E-state index in [-0.39, 0.29) is 11.8 Å². The van der Waals surface area contributed by atoms with Gasteiger partial charge in [0.1, 0.15) is 0 Å². The lowest BCUT2D eigenvalue weighted by molar-refractivity contribution is -0.126. The smallest absolute Gasteiger partial charge is 0.223 e. The van der Waals surface area contributed by atoms with Crippen LogP contribution in [0.25, 0.3) is 0 Å². The maximum atomic E-state index is 12.4. The summed E-state index contributed by atoms with van der Waals surface area (Å²) in [5, 5.41) is 6.65. The Balaban J connectivity index is 1.62. The molecule has 1 aliphatic heterocycles. The van der Waals surface area contributed by atoms with Crippen LogP contribution in [0.4, 0.5) is 0 Å². The summed E-state index contributed by atoms with van der Waals surface area (Å²) in [5.74, 6) is 0.995. The van der Waals surface area contributed by atoms with Gasteiger partial charge < -0.3 is 10.6 Å². The number of hydrogen-bond acceptors (Lipinski definition) is 2. The molecule has 2 fully saturated rings. The monoisotopic (exact) mass is 272 g/mol. The van der Waals surface area contributed by atoms with Gasteiger partial charge in [-0.2, -0.15) is 0 Å². The van der Waals surface area contributed by atoms with Crippen molar-refractivity contribution in [2.24, 2.45) is 5.92 Å². The van der Waals surface area contributed by atoms with Gasteiger partial charge in [0.2, 0.25) is 5.91 Å². The van der Waals surface area contributed by atoms with Gasteiger partial charge >= 0.3 is 0 Å². The molecule has 0 aromatic heterocycles. The van der Waals surface area contributed by atoms with Crippen molar-refractivity contribution in [2.45, 2.75) is 44.1 Å². The highest BCUT2D eigenvalue weighted by Gasteiger charge is 2.31. The molecule has 1 aromatic carbocycles. The molecule has 3 nitrogen and oxygen atoms in total. The summed E-state index contributed by atoms with van der Waals surface area (Å²) in [6, 6.07) is 11.0. The fraction of sp³-hybridized carbons (Fsp3) is 0.588. The summed E-state index contributed by atoms with van der Waals surface area (Å²) < 4.78 is 0. The van der Waals surface area contributed by atoms with Crippen LogP contribution in [0.1, 0.15) is 43.6 Å². The van der Waals surface area contributed by atoms with E-state index >= 15 is 0 Å². The highest BCUT2D eigenvalue weighted by molar-refractivity contribution is 5.79. The predicted octanol–water partition coefficient (Wildman–Crippen LogP) is 2.44. The van der Waals surface area contributed by atoms with Crippen LogP contribution in [0.15, 0.2) is 30.3 Å². The fourth-order valence-electron chi connectivity index (χ4n) is 3.62. The molecule has 1 amide bonds. The zero-order chi connectivity index (χ0) is 13.8. The van der Waals surface area contributed by atoms with Crippen LogP contribution < -0.4 is 10.6 Å². The molecule has 1 aliphatic carbocycles. The molecule has 1 heterocycles. The van der Waals surface area contributed by atoms with E-state index in [2.05, 4.69) is 41.0 Å². The molecule has 0 bridgehead atoms. The first-order chi connectivity index (χ1) is 9.84. The second kappa shape index (κ2) is 6.40. The number of benzene rings is 1. The first-order valence-electron chi connectivity index (χ1n) is 7.90. The van der Waals surface area contributed by atoms with E-state index in [0.29, 0.717) is 12.0 Å². The zero-order valence-corrected chi connectivity index (χ0v) is 12.0. The summed E-state index contributed by atoms with van der Waals surface area (Å²) in [4.78, 5) is 12.4. The molecule has 2 atom stereocenters. The lowest BCUT2D eigenvalue weighted by atomic mass is 9.92. The largest absolute Gasteiger partial charge is 0.353 e. The molecule has 2 unspecified atom stereocenters. The van der Waals surface area contributed by atoms with Gasteiger partial charge in [-0.3, -0.25) is 4.79 Å². The van der Waals surface area contributed by atoms with Crippen LogP contribution in [0.3, 0.4) is 0 Å². The van der Waals surface area contributed by atoms with Gasteiger partial charge in [0.15, 0.2) is 0 Å². The third-order valence-electron chi connectivity index (χ3n) is 4.78. The Morgan fingerprint density at radius 1 is 1.05 bits per heavy atom. The van der Waals surface area contributed by atoms with Crippen molar-refractivity contribution < 1.29 is 4.79 Å². The number of rotatable bonds is 3. The lowest BCUT2D eigenvalue weighted by Crippen LogP contribution is -2.43. The molecule has 1 aromatic rings. The predicted molar refractivity (Wildman–Crippen MR) is 80.6 cm³/mol. The Morgan fingerprint density at radius 2 is 1.80 bits per heavy atom. The summed E-state index contributed by atoms with van der Waals surface area (Å²) in [6.45, 7) is 1.95. The molecular formula is C17H24N2O. The van der Waals surface area contributed by atoms with Crippen LogP contribution in [0, 0.1) is 5.92 Å². The van der Waals surface area contributed by atoms with Crippen molar-refractivity contribution in [3.8, 4) is 0 Å². The van der Waals surface area contributed by atoms with E-state index in [1.165, 1.54) is 18.4 Å². The summed E-state index contributed by atoms with van der Waals surface area (Å²) in [7, 11) is 0. The molecule has 3 heteroatoms. The second-order valence-electron chi connectivity index (χ2n) is 6.09. The zero-order valence-electron chi connectivity index (χ0n) is 12.0. The molecule has 0 spiro atoms. The van der Waals surface area contributed by atoms with Gasteiger partial charge in [0.05, 0.1) is 0 Å². The van der Waals surface area contributed by atoms with E-state index in [9.17, 15) is 4.79 Å². The number of nitrogens with one attached hydrogen (secondary N) is 2. The molecule has 3 rings (SSSR count). The Bertz CT molecular complexity index is 440. The standard InChI is InChI=1S/C17H24N2O/c20-17(14-9-11-18-12-10-14)19-16-8-4-7-15(16)13-5-2-1-3-6-13/h1-3,5-6,14-16,18H,4,7-12H2,(H,19,20). The van der Waals surface area contributed by atoms with Crippen LogP contribution in [-0.2, 0) is 4.79 Å². The number of carbonyl (C=O) groups excluding carboxylic acids is 1. The van der Waals surface area contributed by atoms with Crippen LogP contribution in [-0.4, -0.2) is 25.0 Å². The quantitative estimate of drug-likeness (QED) is 0.887. The minimum absolute atomic E-state index is 0.216. The fourth-order valence-corrected chi connectivity index (χ4v) is 3.62. The Morgan fingerprint density at radius 3 is 2.55 bits per heavy atom. The van der Waals surface area contributed by atoms with Crippen molar-refractivity contribution in [1.29, 1.82) is 0 Å². The molecule has 108 valence electrons. The Labute approximate surface area is 121 Å². The molecule has 2 N–H and O–H groups in total. The maximum absolute atomic E-state index is 12.4. The summed E-state index contributed by atoms with van der Waals surface area (Å²) >= 11 is 0. The highest BCUT2D eigenvalue weighted by atomic mass is 16.1. The van der Waals surface area contributed by atoms with Gasteiger partial charge in [-0.15, -0.1) is 0 Å². The normalized spacial score (nSPS) is 27.4. The SMILES string of the molecule is O=C(NC1CCCC1c1ccccc1)C1CCNCC1. The number of piperidine rings is 1. The minimum Gasteiger partial charge on any atom is -0.353 e. The van der Waals surface area contributed by atoms with Crippen molar-refractivity contribution in [3.05, 3.63) is 35.9 Å². The van der Waals surface area contributed by atoms with Gasteiger partial charge in [-0.25, -0.2) is 0 Å². The van der Waals surface area contributed by atoms with Crippen molar-refractivity contribution in [1.82, 2.24) is 10.6 Å². The van der Waals surface area contributed by atoms with Gasteiger partial charge in [-0.1, -0.05) is 36.8 Å². The average Bonchev–Trinajstić information content (AvgIpc) is 2.97. The van der Waals surface area contributed by atoms with Crippen LogP contribution in [0.5, 0.6) is 0 Å². The van der Waals surface area contributed by atoms with Crippen LogP contribution >= 0.6 is 0 Å². The lowest BCUT2D eigenvalue weighted by Gasteiger charge is -2.26. The topological polar surface area (TPSA) is 41.1 Å².